The lowest BCUT2D eigenvalue weighted by atomic mass is 9.99. The summed E-state index contributed by atoms with van der Waals surface area (Å²) in [5.41, 5.74) is 4.39. The van der Waals surface area contributed by atoms with Crippen LogP contribution in [0, 0.1) is 19.7 Å². The molecule has 10 heteroatoms. The fourth-order valence-corrected chi connectivity index (χ4v) is 5.35. The van der Waals surface area contributed by atoms with Gasteiger partial charge in [-0.2, -0.15) is 0 Å². The zero-order valence-electron chi connectivity index (χ0n) is 21.3. The Balaban J connectivity index is 1.40. The number of aryl methyl sites for hydroxylation is 2. The second-order valence-corrected chi connectivity index (χ2v) is 9.77. The average molecular weight is 514 g/mol. The van der Waals surface area contributed by atoms with Crippen molar-refractivity contribution in [2.45, 2.75) is 26.4 Å². The van der Waals surface area contributed by atoms with E-state index in [-0.39, 0.29) is 11.4 Å². The number of anilines is 1. The van der Waals surface area contributed by atoms with Crippen LogP contribution in [0.5, 0.6) is 0 Å². The first-order valence-corrected chi connectivity index (χ1v) is 12.6. The van der Waals surface area contributed by atoms with Crippen LogP contribution in [-0.4, -0.2) is 56.3 Å². The number of rotatable bonds is 6. The summed E-state index contributed by atoms with van der Waals surface area (Å²) in [4.78, 5) is 21.1. The van der Waals surface area contributed by atoms with E-state index in [1.165, 1.54) is 12.1 Å². The van der Waals surface area contributed by atoms with Gasteiger partial charge in [0, 0.05) is 48.3 Å². The molecule has 1 atom stereocenters. The van der Waals surface area contributed by atoms with Gasteiger partial charge in [-0.05, 0) is 83.9 Å². The Labute approximate surface area is 218 Å². The molecule has 1 aliphatic heterocycles. The van der Waals surface area contributed by atoms with E-state index in [9.17, 15) is 9.18 Å². The molecule has 38 heavy (non-hydrogen) atoms. The predicted octanol–water partition coefficient (Wildman–Crippen LogP) is 3.82. The first-order chi connectivity index (χ1) is 18.5. The van der Waals surface area contributed by atoms with Gasteiger partial charge in [0.05, 0.1) is 6.26 Å². The maximum atomic E-state index is 13.6. The van der Waals surface area contributed by atoms with Gasteiger partial charge in [0.25, 0.3) is 5.56 Å². The summed E-state index contributed by atoms with van der Waals surface area (Å²) >= 11 is 0. The molecular formula is C28H28FN7O2. The molecule has 9 nitrogen and oxygen atoms in total. The quantitative estimate of drug-likeness (QED) is 0.369. The normalized spacial score (nSPS) is 15.3. The van der Waals surface area contributed by atoms with Crippen molar-refractivity contribution in [3.63, 3.8) is 0 Å². The number of nitrogens with one attached hydrogen (secondary N) is 1. The molecule has 0 spiro atoms. The maximum absolute atomic E-state index is 13.6. The van der Waals surface area contributed by atoms with Crippen LogP contribution in [0.25, 0.3) is 10.9 Å². The molecule has 1 unspecified atom stereocenters. The first kappa shape index (κ1) is 24.1. The van der Waals surface area contributed by atoms with Gasteiger partial charge in [0.15, 0.2) is 5.82 Å². The monoisotopic (exact) mass is 513 g/mol. The molecule has 4 heterocycles. The smallest absolute Gasteiger partial charge is 0.253 e. The van der Waals surface area contributed by atoms with Crippen molar-refractivity contribution >= 4 is 16.6 Å². The van der Waals surface area contributed by atoms with Crippen LogP contribution < -0.4 is 10.5 Å². The van der Waals surface area contributed by atoms with Crippen molar-refractivity contribution in [2.24, 2.45) is 0 Å². The van der Waals surface area contributed by atoms with E-state index in [1.807, 2.05) is 31.2 Å². The number of hydrogen-bond donors (Lipinski definition) is 1. The van der Waals surface area contributed by atoms with Crippen LogP contribution in [0.4, 0.5) is 10.1 Å². The molecule has 0 saturated carbocycles. The molecule has 0 radical (unpaired) electrons. The summed E-state index contributed by atoms with van der Waals surface area (Å²) in [7, 11) is 0. The minimum absolute atomic E-state index is 0.166. The fourth-order valence-electron chi connectivity index (χ4n) is 5.35. The highest BCUT2D eigenvalue weighted by atomic mass is 19.1. The second-order valence-electron chi connectivity index (χ2n) is 9.77. The molecule has 0 aliphatic carbocycles. The van der Waals surface area contributed by atoms with Crippen LogP contribution in [0.1, 0.15) is 34.3 Å². The lowest BCUT2D eigenvalue weighted by Gasteiger charge is -2.39. The fraction of sp³-hybridized carbons (Fsp3) is 0.286. The van der Waals surface area contributed by atoms with Gasteiger partial charge in [0.2, 0.25) is 0 Å². The molecule has 3 aromatic heterocycles. The van der Waals surface area contributed by atoms with Crippen molar-refractivity contribution in [3.8, 4) is 0 Å². The molecule has 6 rings (SSSR count). The average Bonchev–Trinajstić information content (AvgIpc) is 3.59. The number of fused-ring (bicyclic) bond motifs is 1. The highest BCUT2D eigenvalue weighted by Gasteiger charge is 2.33. The largest absolute Gasteiger partial charge is 0.467 e. The third kappa shape index (κ3) is 4.58. The van der Waals surface area contributed by atoms with E-state index >= 15 is 0 Å². The van der Waals surface area contributed by atoms with Gasteiger partial charge in [-0.15, -0.1) is 5.10 Å². The Hall–Kier alpha value is -4.31. The number of tetrazole rings is 1. The van der Waals surface area contributed by atoms with Gasteiger partial charge in [-0.3, -0.25) is 9.69 Å². The molecule has 0 bridgehead atoms. The molecule has 194 valence electrons. The Kier molecular flexibility index (Phi) is 6.24. The highest BCUT2D eigenvalue weighted by Crippen LogP contribution is 2.30. The van der Waals surface area contributed by atoms with Gasteiger partial charge in [-0.1, -0.05) is 6.07 Å². The van der Waals surface area contributed by atoms with E-state index in [4.69, 9.17) is 4.42 Å². The lowest BCUT2D eigenvalue weighted by molar-refractivity contribution is 0.200. The molecular weight excluding hydrogens is 485 g/mol. The van der Waals surface area contributed by atoms with Crippen LogP contribution in [-0.2, 0) is 6.54 Å². The van der Waals surface area contributed by atoms with E-state index in [2.05, 4.69) is 43.3 Å². The molecule has 0 amide bonds. The predicted molar refractivity (Wildman–Crippen MR) is 142 cm³/mol. The number of halogens is 1. The van der Waals surface area contributed by atoms with Crippen molar-refractivity contribution in [1.82, 2.24) is 30.1 Å². The van der Waals surface area contributed by atoms with Crippen molar-refractivity contribution in [1.29, 1.82) is 0 Å². The lowest BCUT2D eigenvalue weighted by Crippen LogP contribution is -2.49. The molecule has 1 aliphatic rings. The maximum Gasteiger partial charge on any atom is 0.253 e. The number of pyridine rings is 1. The number of nitrogens with zero attached hydrogens (tertiary/aromatic N) is 6. The van der Waals surface area contributed by atoms with Crippen molar-refractivity contribution < 1.29 is 8.81 Å². The summed E-state index contributed by atoms with van der Waals surface area (Å²) in [5.74, 6) is 1.04. The standard InChI is InChI=1S/C28H28FN7O2/c1-18-14-19(2)23-16-24(28(37)30-25(23)15-18)26(27-31-32-33-36(27)17-22-4-3-13-38-22)35-11-9-34(10-12-35)21-7-5-20(29)6-8-21/h3-8,13-16,26H,9-12,17H2,1-2H3,(H,30,37). The highest BCUT2D eigenvalue weighted by molar-refractivity contribution is 5.83. The summed E-state index contributed by atoms with van der Waals surface area (Å²) in [6.45, 7) is 7.18. The van der Waals surface area contributed by atoms with Crippen molar-refractivity contribution in [3.05, 3.63) is 105 Å². The van der Waals surface area contributed by atoms with E-state index in [0.717, 1.165) is 33.5 Å². The number of aromatic nitrogens is 5. The number of H-pyrrole nitrogens is 1. The number of benzene rings is 2. The minimum Gasteiger partial charge on any atom is -0.467 e. The topological polar surface area (TPSA) is 96.1 Å². The van der Waals surface area contributed by atoms with Crippen LogP contribution in [0.15, 0.2) is 70.1 Å². The third-order valence-electron chi connectivity index (χ3n) is 7.20. The Morgan fingerprint density at radius 2 is 1.84 bits per heavy atom. The number of piperazine rings is 1. The van der Waals surface area contributed by atoms with Gasteiger partial charge in [0.1, 0.15) is 24.2 Å². The van der Waals surface area contributed by atoms with E-state index < -0.39 is 6.04 Å². The van der Waals surface area contributed by atoms with Gasteiger partial charge < -0.3 is 14.3 Å². The SMILES string of the molecule is Cc1cc(C)c2cc(C(c3nnnn3Cc3ccco3)N3CCN(c4ccc(F)cc4)CC3)c(=O)[nH]c2c1. The summed E-state index contributed by atoms with van der Waals surface area (Å²) in [6, 6.07) is 15.9. The van der Waals surface area contributed by atoms with Gasteiger partial charge in [-0.25, -0.2) is 9.07 Å². The molecule has 1 saturated heterocycles. The Bertz CT molecular complexity index is 1620. The van der Waals surface area contributed by atoms with E-state index in [1.54, 1.807) is 23.1 Å². The number of aromatic amines is 1. The van der Waals surface area contributed by atoms with Gasteiger partial charge >= 0.3 is 0 Å². The summed E-state index contributed by atoms with van der Waals surface area (Å²) < 4.78 is 20.7. The Morgan fingerprint density at radius 1 is 1.05 bits per heavy atom. The van der Waals surface area contributed by atoms with Crippen LogP contribution in [0.3, 0.4) is 0 Å². The first-order valence-electron chi connectivity index (χ1n) is 12.6. The van der Waals surface area contributed by atoms with Crippen LogP contribution in [0.2, 0.25) is 0 Å². The number of furan rings is 1. The Morgan fingerprint density at radius 3 is 2.58 bits per heavy atom. The third-order valence-corrected chi connectivity index (χ3v) is 7.20. The molecule has 1 fully saturated rings. The molecule has 1 N–H and O–H groups in total. The van der Waals surface area contributed by atoms with E-state index in [0.29, 0.717) is 44.1 Å². The second kappa shape index (κ2) is 9.86. The summed E-state index contributed by atoms with van der Waals surface area (Å²) in [6.07, 6.45) is 1.62. The van der Waals surface area contributed by atoms with Crippen LogP contribution >= 0.6 is 0 Å². The number of hydrogen-bond acceptors (Lipinski definition) is 7. The van der Waals surface area contributed by atoms with Crippen molar-refractivity contribution in [2.75, 3.05) is 31.1 Å². The molecule has 5 aromatic rings. The minimum atomic E-state index is -0.468. The zero-order chi connectivity index (χ0) is 26.2. The zero-order valence-corrected chi connectivity index (χ0v) is 21.3. The summed E-state index contributed by atoms with van der Waals surface area (Å²) in [5, 5.41) is 13.6. The molecule has 2 aromatic carbocycles.